The summed E-state index contributed by atoms with van der Waals surface area (Å²) in [5.41, 5.74) is 5.21. The molecule has 118 valence electrons. The summed E-state index contributed by atoms with van der Waals surface area (Å²) >= 11 is 0. The van der Waals surface area contributed by atoms with Crippen LogP contribution in [0.2, 0.25) is 0 Å². The highest BCUT2D eigenvalue weighted by atomic mass is 19.4. The molecule has 0 radical (unpaired) electrons. The van der Waals surface area contributed by atoms with Crippen LogP contribution in [0.3, 0.4) is 0 Å². The Labute approximate surface area is 118 Å². The predicted molar refractivity (Wildman–Crippen MR) is 70.0 cm³/mol. The monoisotopic (exact) mass is 295 g/mol. The number of carbonyl (C=O) groups is 1. The van der Waals surface area contributed by atoms with Gasteiger partial charge in [0, 0.05) is 0 Å². The maximum Gasteiger partial charge on any atom is 0.404 e. The van der Waals surface area contributed by atoms with Gasteiger partial charge in [-0.25, -0.2) is 0 Å². The van der Waals surface area contributed by atoms with E-state index in [-0.39, 0.29) is 12.5 Å². The van der Waals surface area contributed by atoms with Crippen LogP contribution in [0.4, 0.5) is 13.2 Å². The molecule has 0 amide bonds. The second-order valence-corrected chi connectivity index (χ2v) is 5.51. The van der Waals surface area contributed by atoms with Crippen LogP contribution in [0, 0.1) is 5.92 Å². The lowest BCUT2D eigenvalue weighted by Crippen LogP contribution is -2.47. The molecule has 0 heterocycles. The molecule has 0 spiro atoms. The average Bonchev–Trinajstić information content (AvgIpc) is 3.15. The number of esters is 1. The number of alkyl halides is 3. The Hall–Kier alpha value is -0.780. The van der Waals surface area contributed by atoms with Crippen molar-refractivity contribution < 1.29 is 22.7 Å². The van der Waals surface area contributed by atoms with Gasteiger partial charge in [0.2, 0.25) is 0 Å². The van der Waals surface area contributed by atoms with Crippen molar-refractivity contribution >= 4 is 5.97 Å². The van der Waals surface area contributed by atoms with Crippen molar-refractivity contribution in [1.82, 2.24) is 0 Å². The van der Waals surface area contributed by atoms with Gasteiger partial charge in [-0.3, -0.25) is 4.79 Å². The van der Waals surface area contributed by atoms with Gasteiger partial charge in [-0.15, -0.1) is 0 Å². The van der Waals surface area contributed by atoms with Gasteiger partial charge in [0.15, 0.2) is 0 Å². The molecule has 0 aromatic rings. The third kappa shape index (κ3) is 6.11. The Balaban J connectivity index is 2.47. The smallest absolute Gasteiger partial charge is 0.404 e. The first-order valence-corrected chi connectivity index (χ1v) is 7.39. The summed E-state index contributed by atoms with van der Waals surface area (Å²) in [6, 6.07) is -2.13. The largest absolute Gasteiger partial charge is 0.462 e. The van der Waals surface area contributed by atoms with Gasteiger partial charge >= 0.3 is 12.1 Å². The van der Waals surface area contributed by atoms with Gasteiger partial charge in [0.25, 0.3) is 0 Å². The fraction of sp³-hybridized carbons (Fsp3) is 0.929. The Kier molecular flexibility index (Phi) is 6.79. The zero-order valence-corrected chi connectivity index (χ0v) is 11.9. The van der Waals surface area contributed by atoms with Crippen molar-refractivity contribution in [3.8, 4) is 0 Å². The minimum atomic E-state index is -4.56. The molecule has 3 nitrogen and oxygen atoms in total. The van der Waals surface area contributed by atoms with E-state index in [1.807, 2.05) is 0 Å². The second kappa shape index (κ2) is 7.86. The summed E-state index contributed by atoms with van der Waals surface area (Å²) in [5.74, 6) is -2.05. The SMILES string of the molecule is CCCCCCC[C@H](C(=O)OC1CC1)[C@H](N)C(F)(F)F. The first kappa shape index (κ1) is 17.3. The van der Waals surface area contributed by atoms with Gasteiger partial charge in [-0.1, -0.05) is 39.0 Å². The molecule has 0 aromatic heterocycles. The lowest BCUT2D eigenvalue weighted by molar-refractivity contribution is -0.177. The number of ether oxygens (including phenoxy) is 1. The van der Waals surface area contributed by atoms with E-state index in [0.717, 1.165) is 38.5 Å². The molecular weight excluding hydrogens is 271 g/mol. The third-order valence-corrected chi connectivity index (χ3v) is 3.54. The summed E-state index contributed by atoms with van der Waals surface area (Å²) in [6.07, 6.45) is 1.39. The fourth-order valence-electron chi connectivity index (χ4n) is 2.08. The Morgan fingerprint density at radius 1 is 1.25 bits per heavy atom. The first-order chi connectivity index (χ1) is 9.36. The standard InChI is InChI=1S/C14H24F3NO2/c1-2-3-4-5-6-7-11(12(18)14(15,16)17)13(19)20-10-8-9-10/h10-12H,2-9,18H2,1H3/t11-,12-/m0/s1. The van der Waals surface area contributed by atoms with Crippen molar-refractivity contribution in [3.05, 3.63) is 0 Å². The van der Waals surface area contributed by atoms with Crippen LogP contribution >= 0.6 is 0 Å². The number of hydrogen-bond donors (Lipinski definition) is 1. The number of carbonyl (C=O) groups excluding carboxylic acids is 1. The third-order valence-electron chi connectivity index (χ3n) is 3.54. The molecule has 1 aliphatic rings. The summed E-state index contributed by atoms with van der Waals surface area (Å²) in [5, 5.41) is 0. The molecule has 1 saturated carbocycles. The first-order valence-electron chi connectivity index (χ1n) is 7.39. The Morgan fingerprint density at radius 2 is 1.85 bits per heavy atom. The van der Waals surface area contributed by atoms with Gasteiger partial charge in [-0.05, 0) is 19.3 Å². The normalized spacial score (nSPS) is 18.6. The van der Waals surface area contributed by atoms with Gasteiger partial charge in [0.1, 0.15) is 12.1 Å². The predicted octanol–water partition coefficient (Wildman–Crippen LogP) is 3.56. The van der Waals surface area contributed by atoms with E-state index in [1.54, 1.807) is 0 Å². The molecule has 0 unspecified atom stereocenters. The molecule has 0 aliphatic heterocycles. The van der Waals surface area contributed by atoms with Crippen molar-refractivity contribution in [1.29, 1.82) is 0 Å². The van der Waals surface area contributed by atoms with Crippen LogP contribution in [-0.2, 0) is 9.53 Å². The molecular formula is C14H24F3NO2. The van der Waals surface area contributed by atoms with Crippen LogP contribution in [-0.4, -0.2) is 24.3 Å². The highest BCUT2D eigenvalue weighted by Gasteiger charge is 2.46. The van der Waals surface area contributed by atoms with E-state index in [0.29, 0.717) is 6.42 Å². The van der Waals surface area contributed by atoms with Crippen molar-refractivity contribution in [2.24, 2.45) is 11.7 Å². The van der Waals surface area contributed by atoms with Gasteiger partial charge in [-0.2, -0.15) is 13.2 Å². The second-order valence-electron chi connectivity index (χ2n) is 5.51. The van der Waals surface area contributed by atoms with E-state index in [9.17, 15) is 18.0 Å². The van der Waals surface area contributed by atoms with Crippen molar-refractivity contribution in [3.63, 3.8) is 0 Å². The summed E-state index contributed by atoms with van der Waals surface area (Å²) in [7, 11) is 0. The van der Waals surface area contributed by atoms with E-state index >= 15 is 0 Å². The lowest BCUT2D eigenvalue weighted by atomic mass is 9.93. The molecule has 1 aliphatic carbocycles. The Bertz CT molecular complexity index is 303. The van der Waals surface area contributed by atoms with E-state index in [4.69, 9.17) is 10.5 Å². The maximum absolute atomic E-state index is 12.7. The number of unbranched alkanes of at least 4 members (excludes halogenated alkanes) is 4. The molecule has 1 fully saturated rings. The topological polar surface area (TPSA) is 52.3 Å². The van der Waals surface area contributed by atoms with Gasteiger partial charge in [0.05, 0.1) is 5.92 Å². The molecule has 20 heavy (non-hydrogen) atoms. The van der Waals surface area contributed by atoms with E-state index < -0.39 is 24.1 Å². The minimum absolute atomic E-state index is 0.149. The summed E-state index contributed by atoms with van der Waals surface area (Å²) in [6.45, 7) is 2.06. The van der Waals surface area contributed by atoms with Crippen molar-refractivity contribution in [2.75, 3.05) is 0 Å². The molecule has 0 saturated heterocycles. The van der Waals surface area contributed by atoms with Crippen LogP contribution in [0.1, 0.15) is 58.3 Å². The maximum atomic E-state index is 12.7. The van der Waals surface area contributed by atoms with E-state index in [2.05, 4.69) is 6.92 Å². The number of nitrogens with two attached hydrogens (primary N) is 1. The number of halogens is 3. The number of hydrogen-bond acceptors (Lipinski definition) is 3. The summed E-state index contributed by atoms with van der Waals surface area (Å²) < 4.78 is 43.1. The highest BCUT2D eigenvalue weighted by Crippen LogP contribution is 2.31. The van der Waals surface area contributed by atoms with Gasteiger partial charge < -0.3 is 10.5 Å². The average molecular weight is 295 g/mol. The molecule has 6 heteroatoms. The van der Waals surface area contributed by atoms with E-state index in [1.165, 1.54) is 0 Å². The molecule has 2 atom stereocenters. The van der Waals surface area contributed by atoms with Crippen molar-refractivity contribution in [2.45, 2.75) is 76.6 Å². The minimum Gasteiger partial charge on any atom is -0.462 e. The quantitative estimate of drug-likeness (QED) is 0.522. The Morgan fingerprint density at radius 3 is 2.35 bits per heavy atom. The summed E-state index contributed by atoms with van der Waals surface area (Å²) in [4.78, 5) is 11.8. The lowest BCUT2D eigenvalue weighted by Gasteiger charge is -2.24. The molecule has 1 rings (SSSR count). The van der Waals surface area contributed by atoms with Crippen LogP contribution in [0.15, 0.2) is 0 Å². The fourth-order valence-corrected chi connectivity index (χ4v) is 2.08. The zero-order chi connectivity index (χ0) is 15.2. The van der Waals surface area contributed by atoms with Crippen LogP contribution < -0.4 is 5.73 Å². The van der Waals surface area contributed by atoms with Crippen LogP contribution in [0.5, 0.6) is 0 Å². The zero-order valence-electron chi connectivity index (χ0n) is 11.9. The highest BCUT2D eigenvalue weighted by molar-refractivity contribution is 5.73. The van der Waals surface area contributed by atoms with Crippen LogP contribution in [0.25, 0.3) is 0 Å². The molecule has 0 aromatic carbocycles. The molecule has 2 N–H and O–H groups in total. The molecule has 0 bridgehead atoms. The number of rotatable bonds is 9.